The van der Waals surface area contributed by atoms with Crippen molar-refractivity contribution in [3.63, 3.8) is 0 Å². The van der Waals surface area contributed by atoms with Gasteiger partial charge in [-0.25, -0.2) is 0 Å². The number of carbonyl (C=O) groups excluding carboxylic acids is 1. The van der Waals surface area contributed by atoms with Crippen molar-refractivity contribution in [3.05, 3.63) is 59.2 Å². The van der Waals surface area contributed by atoms with Gasteiger partial charge in [0.05, 0.1) is 6.54 Å². The predicted molar refractivity (Wildman–Crippen MR) is 83.2 cm³/mol. The summed E-state index contributed by atoms with van der Waals surface area (Å²) in [6, 6.07) is 11.8. The molecular weight excluding hydrogens is 264 g/mol. The van der Waals surface area contributed by atoms with E-state index in [4.69, 9.17) is 5.73 Å². The quantitative estimate of drug-likeness (QED) is 0.739. The van der Waals surface area contributed by atoms with Crippen LogP contribution in [0.1, 0.15) is 21.5 Å². The van der Waals surface area contributed by atoms with Gasteiger partial charge < -0.3 is 16.2 Å². The summed E-state index contributed by atoms with van der Waals surface area (Å²) in [6.45, 7) is 2.19. The number of aryl methyl sites for hydroxylation is 1. The van der Waals surface area contributed by atoms with E-state index < -0.39 is 0 Å². The summed E-state index contributed by atoms with van der Waals surface area (Å²) in [5.41, 5.74) is 8.15. The molecule has 2 aromatic carbocycles. The predicted octanol–water partition coefficient (Wildman–Crippen LogP) is 2.26. The summed E-state index contributed by atoms with van der Waals surface area (Å²) in [4.78, 5) is 12.2. The van der Waals surface area contributed by atoms with Crippen molar-refractivity contribution in [2.24, 2.45) is 5.73 Å². The smallest absolute Gasteiger partial charge is 0.255 e. The molecule has 4 N–H and O–H groups in total. The fourth-order valence-corrected chi connectivity index (χ4v) is 1.83. The molecule has 1 amide bonds. The minimum Gasteiger partial charge on any atom is -0.508 e. The molecule has 0 aliphatic heterocycles. The Kier molecular flexibility index (Phi) is 4.60. The molecule has 0 fully saturated rings. The maximum atomic E-state index is 12.2. The van der Waals surface area contributed by atoms with E-state index in [0.717, 1.165) is 11.1 Å². The lowest BCUT2D eigenvalue weighted by Crippen LogP contribution is -2.12. The minimum atomic E-state index is -0.280. The highest BCUT2D eigenvalue weighted by Crippen LogP contribution is 2.18. The first-order valence-corrected chi connectivity index (χ1v) is 6.50. The topological polar surface area (TPSA) is 75.3 Å². The Balaban J connectivity index is 2.24. The zero-order valence-corrected chi connectivity index (χ0v) is 11.7. The van der Waals surface area contributed by atoms with Gasteiger partial charge in [0.1, 0.15) is 5.75 Å². The molecule has 0 heterocycles. The van der Waals surface area contributed by atoms with E-state index in [1.165, 1.54) is 12.1 Å². The van der Waals surface area contributed by atoms with Gasteiger partial charge >= 0.3 is 0 Å². The molecule has 0 aromatic heterocycles. The number of hydrogen-bond donors (Lipinski definition) is 3. The van der Waals surface area contributed by atoms with E-state index >= 15 is 0 Å². The second-order valence-electron chi connectivity index (χ2n) is 4.54. The van der Waals surface area contributed by atoms with Gasteiger partial charge in [-0.3, -0.25) is 4.79 Å². The van der Waals surface area contributed by atoms with Crippen molar-refractivity contribution < 1.29 is 9.90 Å². The number of amides is 1. The molecule has 0 unspecified atom stereocenters. The van der Waals surface area contributed by atoms with Crippen LogP contribution in [-0.2, 0) is 0 Å². The van der Waals surface area contributed by atoms with E-state index in [1.807, 2.05) is 19.1 Å². The first kappa shape index (κ1) is 14.6. The maximum Gasteiger partial charge on any atom is 0.255 e. The number of rotatable bonds is 2. The van der Waals surface area contributed by atoms with Crippen LogP contribution in [-0.4, -0.2) is 17.6 Å². The summed E-state index contributed by atoms with van der Waals surface area (Å²) < 4.78 is 0. The van der Waals surface area contributed by atoms with Gasteiger partial charge in [-0.2, -0.15) is 0 Å². The van der Waals surface area contributed by atoms with Gasteiger partial charge in [-0.1, -0.05) is 24.0 Å². The van der Waals surface area contributed by atoms with Crippen LogP contribution in [0.25, 0.3) is 0 Å². The van der Waals surface area contributed by atoms with Crippen molar-refractivity contribution in [2.45, 2.75) is 6.92 Å². The van der Waals surface area contributed by atoms with Crippen LogP contribution in [0.4, 0.5) is 5.69 Å². The van der Waals surface area contributed by atoms with E-state index in [2.05, 4.69) is 17.2 Å². The van der Waals surface area contributed by atoms with Crippen LogP contribution < -0.4 is 11.1 Å². The van der Waals surface area contributed by atoms with Crippen LogP contribution in [0.3, 0.4) is 0 Å². The Hall–Kier alpha value is -2.77. The normalized spacial score (nSPS) is 9.62. The molecule has 0 radical (unpaired) electrons. The third kappa shape index (κ3) is 3.85. The van der Waals surface area contributed by atoms with Crippen molar-refractivity contribution in [2.75, 3.05) is 11.9 Å². The monoisotopic (exact) mass is 280 g/mol. The number of carbonyl (C=O) groups is 1. The molecule has 4 heteroatoms. The van der Waals surface area contributed by atoms with Gasteiger partial charge in [0, 0.05) is 16.8 Å². The summed E-state index contributed by atoms with van der Waals surface area (Å²) in [7, 11) is 0. The number of phenols is 1. The van der Waals surface area contributed by atoms with Crippen LogP contribution in [0.15, 0.2) is 42.5 Å². The first-order chi connectivity index (χ1) is 10.1. The molecule has 0 saturated carbocycles. The van der Waals surface area contributed by atoms with Crippen LogP contribution >= 0.6 is 0 Å². The van der Waals surface area contributed by atoms with Crippen molar-refractivity contribution in [1.29, 1.82) is 0 Å². The Labute approximate surface area is 123 Å². The SMILES string of the molecule is Cc1ccc(C#CCN)cc1NC(=O)c1cccc(O)c1. The van der Waals surface area contributed by atoms with Crippen molar-refractivity contribution in [3.8, 4) is 17.6 Å². The standard InChI is InChI=1S/C17H16N2O2/c1-12-7-8-13(4-3-9-18)10-16(12)19-17(21)14-5-2-6-15(20)11-14/h2,5-8,10-11,20H,9,18H2,1H3,(H,19,21). The summed E-state index contributed by atoms with van der Waals surface area (Å²) >= 11 is 0. The zero-order valence-electron chi connectivity index (χ0n) is 11.7. The van der Waals surface area contributed by atoms with Gasteiger partial charge in [-0.15, -0.1) is 0 Å². The Bertz CT molecular complexity index is 727. The zero-order chi connectivity index (χ0) is 15.2. The Morgan fingerprint density at radius 3 is 2.81 bits per heavy atom. The molecule has 2 aromatic rings. The lowest BCUT2D eigenvalue weighted by Gasteiger charge is -2.09. The number of anilines is 1. The molecule has 0 aliphatic rings. The summed E-state index contributed by atoms with van der Waals surface area (Å²) in [5, 5.41) is 12.2. The molecule has 2 rings (SSSR count). The number of phenolic OH excluding ortho intramolecular Hbond substituents is 1. The van der Waals surface area contributed by atoms with Crippen molar-refractivity contribution >= 4 is 11.6 Å². The van der Waals surface area contributed by atoms with Crippen LogP contribution in [0, 0.1) is 18.8 Å². The number of hydrogen-bond acceptors (Lipinski definition) is 3. The number of benzene rings is 2. The summed E-state index contributed by atoms with van der Waals surface area (Å²) in [5.74, 6) is 5.48. The molecule has 0 aliphatic carbocycles. The molecule has 0 atom stereocenters. The van der Waals surface area contributed by atoms with Gasteiger partial charge in [-0.05, 0) is 42.8 Å². The Morgan fingerprint density at radius 2 is 2.10 bits per heavy atom. The van der Waals surface area contributed by atoms with Gasteiger partial charge in [0.2, 0.25) is 0 Å². The number of aromatic hydroxyl groups is 1. The summed E-state index contributed by atoms with van der Waals surface area (Å²) in [6.07, 6.45) is 0. The van der Waals surface area contributed by atoms with Crippen LogP contribution in [0.2, 0.25) is 0 Å². The highest BCUT2D eigenvalue weighted by molar-refractivity contribution is 6.04. The van der Waals surface area contributed by atoms with Crippen LogP contribution in [0.5, 0.6) is 5.75 Å². The number of nitrogens with one attached hydrogen (secondary N) is 1. The fraction of sp³-hybridized carbons (Fsp3) is 0.118. The van der Waals surface area contributed by atoms with E-state index in [-0.39, 0.29) is 11.7 Å². The molecule has 0 saturated heterocycles. The molecule has 4 nitrogen and oxygen atoms in total. The second kappa shape index (κ2) is 6.60. The van der Waals surface area contributed by atoms with E-state index in [0.29, 0.717) is 17.8 Å². The maximum absolute atomic E-state index is 12.2. The first-order valence-electron chi connectivity index (χ1n) is 6.50. The third-order valence-electron chi connectivity index (χ3n) is 2.93. The van der Waals surface area contributed by atoms with E-state index in [1.54, 1.807) is 18.2 Å². The van der Waals surface area contributed by atoms with Crippen molar-refractivity contribution in [1.82, 2.24) is 0 Å². The Morgan fingerprint density at radius 1 is 1.29 bits per heavy atom. The average molecular weight is 280 g/mol. The molecule has 0 spiro atoms. The molecule has 0 bridgehead atoms. The lowest BCUT2D eigenvalue weighted by molar-refractivity contribution is 0.102. The minimum absolute atomic E-state index is 0.0573. The largest absolute Gasteiger partial charge is 0.508 e. The van der Waals surface area contributed by atoms with Gasteiger partial charge in [0.25, 0.3) is 5.91 Å². The number of nitrogens with two attached hydrogens (primary N) is 1. The highest BCUT2D eigenvalue weighted by Gasteiger charge is 2.08. The molecule has 106 valence electrons. The molecule has 21 heavy (non-hydrogen) atoms. The lowest BCUT2D eigenvalue weighted by atomic mass is 10.1. The average Bonchev–Trinajstić information content (AvgIpc) is 2.48. The van der Waals surface area contributed by atoms with Gasteiger partial charge in [0.15, 0.2) is 0 Å². The third-order valence-corrected chi connectivity index (χ3v) is 2.93. The fourth-order valence-electron chi connectivity index (χ4n) is 1.83. The second-order valence-corrected chi connectivity index (χ2v) is 4.54. The highest BCUT2D eigenvalue weighted by atomic mass is 16.3. The molecular formula is C17H16N2O2. The van der Waals surface area contributed by atoms with E-state index in [9.17, 15) is 9.90 Å².